The molecule has 0 spiro atoms. The molecule has 0 bridgehead atoms. The van der Waals surface area contributed by atoms with Gasteiger partial charge < -0.3 is 4.74 Å². The Hall–Kier alpha value is -3.94. The zero-order valence-electron chi connectivity index (χ0n) is 21.8. The van der Waals surface area contributed by atoms with Gasteiger partial charge in [0.05, 0.1) is 18.9 Å². The van der Waals surface area contributed by atoms with Gasteiger partial charge in [-0.15, -0.1) is 12.8 Å². The number of carbonyl (C=O) groups is 1. The second kappa shape index (κ2) is 13.2. The highest BCUT2D eigenvalue weighted by Crippen LogP contribution is 2.38. The Bertz CT molecular complexity index is 1200. The summed E-state index contributed by atoms with van der Waals surface area (Å²) in [6, 6.07) is 11.7. The average Bonchev–Trinajstić information content (AvgIpc) is 3.28. The molecule has 7 heteroatoms. The number of aromatic nitrogens is 3. The number of hydrogen-bond donors (Lipinski definition) is 1. The van der Waals surface area contributed by atoms with E-state index in [9.17, 15) is 4.79 Å². The van der Waals surface area contributed by atoms with Crippen molar-refractivity contribution in [3.63, 3.8) is 0 Å². The maximum absolute atomic E-state index is 11.7. The minimum absolute atomic E-state index is 0.308. The topological polar surface area (TPSA) is 94.9 Å². The molecule has 0 aliphatic heterocycles. The fourth-order valence-corrected chi connectivity index (χ4v) is 4.37. The lowest BCUT2D eigenvalue weighted by atomic mass is 9.76. The number of nitriles is 1. The van der Waals surface area contributed by atoms with Crippen LogP contribution in [-0.4, -0.2) is 40.5 Å². The summed E-state index contributed by atoms with van der Waals surface area (Å²) >= 11 is 0. The molecular formula is C29H35N5O2. The van der Waals surface area contributed by atoms with Crippen molar-refractivity contribution in [2.45, 2.75) is 53.1 Å². The van der Waals surface area contributed by atoms with Gasteiger partial charge in [-0.1, -0.05) is 32.0 Å². The predicted octanol–water partition coefficient (Wildman–Crippen LogP) is 5.22. The van der Waals surface area contributed by atoms with Crippen LogP contribution in [0.2, 0.25) is 0 Å². The summed E-state index contributed by atoms with van der Waals surface area (Å²) in [4.78, 5) is 18.1. The van der Waals surface area contributed by atoms with Gasteiger partial charge in [0.2, 0.25) is 5.88 Å². The van der Waals surface area contributed by atoms with Gasteiger partial charge in [-0.2, -0.15) is 10.4 Å². The first-order chi connectivity index (χ1) is 17.3. The third-order valence-corrected chi connectivity index (χ3v) is 6.10. The van der Waals surface area contributed by atoms with Crippen molar-refractivity contribution < 1.29 is 9.53 Å². The summed E-state index contributed by atoms with van der Waals surface area (Å²) in [5.74, 6) is 0.605. The molecule has 0 radical (unpaired) electrons. The standard InChI is InChI=1S/C25H30N4O2.C2H3N.C2H2/c1-25(2)10-9-21-22(12-25)27-28-24(21)18-6-7-19(16-30)20(11-18)15-29(3)14-17-5-8-23(31-4)26-13-17;1-2-3;1-2/h5-8,11,13,16H,9-10,12,14-15H2,1-4H3,(H,27,28);1H3;1-2H. The molecule has 3 aromatic rings. The molecular weight excluding hydrogens is 450 g/mol. The highest BCUT2D eigenvalue weighted by atomic mass is 16.5. The zero-order valence-corrected chi connectivity index (χ0v) is 21.8. The Labute approximate surface area is 214 Å². The van der Waals surface area contributed by atoms with Crippen LogP contribution in [0.3, 0.4) is 0 Å². The van der Waals surface area contributed by atoms with E-state index in [0.717, 1.165) is 54.5 Å². The summed E-state index contributed by atoms with van der Waals surface area (Å²) in [5.41, 5.74) is 7.78. The average molecular weight is 486 g/mol. The highest BCUT2D eigenvalue weighted by molar-refractivity contribution is 5.79. The number of benzene rings is 1. The van der Waals surface area contributed by atoms with Crippen molar-refractivity contribution in [1.29, 1.82) is 5.26 Å². The van der Waals surface area contributed by atoms with E-state index in [-0.39, 0.29) is 0 Å². The van der Waals surface area contributed by atoms with Gasteiger partial charge in [0.25, 0.3) is 0 Å². The quantitative estimate of drug-likeness (QED) is 0.364. The van der Waals surface area contributed by atoms with E-state index in [1.807, 2.05) is 37.5 Å². The first-order valence-corrected chi connectivity index (χ1v) is 11.8. The number of aromatic amines is 1. The van der Waals surface area contributed by atoms with Gasteiger partial charge in [0, 0.05) is 54.7 Å². The van der Waals surface area contributed by atoms with E-state index >= 15 is 0 Å². The molecule has 0 saturated carbocycles. The molecule has 2 heterocycles. The number of H-pyrrole nitrogens is 1. The summed E-state index contributed by atoms with van der Waals surface area (Å²) in [6.07, 6.45) is 14.0. The Kier molecular flexibility index (Phi) is 10.4. The molecule has 7 nitrogen and oxygen atoms in total. The smallest absolute Gasteiger partial charge is 0.212 e. The van der Waals surface area contributed by atoms with Crippen LogP contribution in [0.25, 0.3) is 11.3 Å². The number of nitrogens with zero attached hydrogens (tertiary/aromatic N) is 4. The number of terminal acetylenes is 1. The van der Waals surface area contributed by atoms with Crippen LogP contribution in [-0.2, 0) is 25.9 Å². The molecule has 0 saturated heterocycles. The van der Waals surface area contributed by atoms with Crippen molar-refractivity contribution in [3.05, 3.63) is 64.5 Å². The molecule has 2 aromatic heterocycles. The lowest BCUT2D eigenvalue weighted by Crippen LogP contribution is -2.22. The number of aldehydes is 1. The molecule has 4 rings (SSSR count). The molecule has 0 amide bonds. The van der Waals surface area contributed by atoms with Gasteiger partial charge in [-0.25, -0.2) is 4.98 Å². The van der Waals surface area contributed by atoms with Crippen molar-refractivity contribution in [1.82, 2.24) is 20.1 Å². The van der Waals surface area contributed by atoms with Crippen molar-refractivity contribution >= 4 is 6.29 Å². The molecule has 1 aromatic carbocycles. The van der Waals surface area contributed by atoms with Crippen LogP contribution < -0.4 is 4.74 Å². The Balaban J connectivity index is 0.000000850. The number of methoxy groups -OCH3 is 1. The number of fused-ring (bicyclic) bond motifs is 1. The monoisotopic (exact) mass is 485 g/mol. The number of hydrogen-bond acceptors (Lipinski definition) is 6. The first-order valence-electron chi connectivity index (χ1n) is 11.8. The Morgan fingerprint density at radius 1 is 1.25 bits per heavy atom. The summed E-state index contributed by atoms with van der Waals surface area (Å²) in [6.45, 7) is 7.43. The van der Waals surface area contributed by atoms with Crippen LogP contribution in [0.1, 0.15) is 59.9 Å². The van der Waals surface area contributed by atoms with Crippen molar-refractivity contribution in [2.75, 3.05) is 14.2 Å². The SMILES string of the molecule is C#C.CC#N.COc1ccc(CN(C)Cc2cc(-c3n[nH]c4c3CCC(C)(C)C4)ccc2C=O)cn1. The summed E-state index contributed by atoms with van der Waals surface area (Å²) in [5, 5.41) is 15.2. The number of nitrogens with one attached hydrogen (secondary N) is 1. The molecule has 1 aliphatic rings. The van der Waals surface area contributed by atoms with Crippen LogP contribution in [0, 0.1) is 29.6 Å². The lowest BCUT2D eigenvalue weighted by molar-refractivity contribution is 0.112. The summed E-state index contributed by atoms with van der Waals surface area (Å²) < 4.78 is 5.13. The van der Waals surface area contributed by atoms with E-state index in [2.05, 4.69) is 52.8 Å². The van der Waals surface area contributed by atoms with E-state index in [0.29, 0.717) is 23.4 Å². The minimum Gasteiger partial charge on any atom is -0.481 e. The number of ether oxygens (including phenoxy) is 1. The second-order valence-electron chi connectivity index (χ2n) is 9.51. The maximum atomic E-state index is 11.7. The highest BCUT2D eigenvalue weighted by Gasteiger charge is 2.29. The van der Waals surface area contributed by atoms with Crippen LogP contribution >= 0.6 is 0 Å². The number of pyridine rings is 1. The maximum Gasteiger partial charge on any atom is 0.212 e. The largest absolute Gasteiger partial charge is 0.481 e. The number of rotatable bonds is 7. The normalized spacial score (nSPS) is 13.2. The zero-order chi connectivity index (χ0) is 26.7. The third-order valence-electron chi connectivity index (χ3n) is 6.10. The second-order valence-corrected chi connectivity index (χ2v) is 9.51. The third kappa shape index (κ3) is 7.28. The van der Waals surface area contributed by atoms with Gasteiger partial charge in [-0.3, -0.25) is 14.8 Å². The van der Waals surface area contributed by atoms with Crippen molar-refractivity contribution in [3.8, 4) is 36.1 Å². The number of carbonyl (C=O) groups excluding carboxylic acids is 1. The van der Waals surface area contributed by atoms with E-state index in [4.69, 9.17) is 10.00 Å². The van der Waals surface area contributed by atoms with E-state index in [1.165, 1.54) is 18.2 Å². The van der Waals surface area contributed by atoms with Crippen LogP contribution in [0.5, 0.6) is 5.88 Å². The molecule has 0 unspecified atom stereocenters. The van der Waals surface area contributed by atoms with Gasteiger partial charge in [-0.05, 0) is 48.9 Å². The lowest BCUT2D eigenvalue weighted by Gasteiger charge is -2.29. The fraction of sp³-hybridized carbons (Fsp3) is 0.379. The molecule has 1 N–H and O–H groups in total. The molecule has 0 fully saturated rings. The van der Waals surface area contributed by atoms with Crippen LogP contribution in [0.15, 0.2) is 36.5 Å². The molecule has 188 valence electrons. The first kappa shape index (κ1) is 28.3. The van der Waals surface area contributed by atoms with Gasteiger partial charge in [0.1, 0.15) is 6.29 Å². The molecule has 1 aliphatic carbocycles. The van der Waals surface area contributed by atoms with E-state index < -0.39 is 0 Å². The predicted molar refractivity (Wildman–Crippen MR) is 142 cm³/mol. The Morgan fingerprint density at radius 2 is 1.97 bits per heavy atom. The minimum atomic E-state index is 0.308. The molecule has 0 atom stereocenters. The van der Waals surface area contributed by atoms with Gasteiger partial charge in [0.15, 0.2) is 0 Å². The Morgan fingerprint density at radius 3 is 2.58 bits per heavy atom. The van der Waals surface area contributed by atoms with Gasteiger partial charge >= 0.3 is 0 Å². The van der Waals surface area contributed by atoms with E-state index in [1.54, 1.807) is 13.2 Å². The fourth-order valence-electron chi connectivity index (χ4n) is 4.37. The molecule has 36 heavy (non-hydrogen) atoms. The van der Waals surface area contributed by atoms with Crippen molar-refractivity contribution in [2.24, 2.45) is 5.41 Å². The summed E-state index contributed by atoms with van der Waals surface area (Å²) in [7, 11) is 3.66. The van der Waals surface area contributed by atoms with Crippen LogP contribution in [0.4, 0.5) is 0 Å².